The Morgan fingerprint density at radius 1 is 0.958 bits per heavy atom. The number of para-hydroxylation sites is 1. The van der Waals surface area contributed by atoms with Crippen LogP contribution in [-0.4, -0.2) is 5.11 Å². The number of rotatable bonds is 3. The molecule has 24 heavy (non-hydrogen) atoms. The quantitative estimate of drug-likeness (QED) is 0.510. The molecule has 0 fully saturated rings. The van der Waals surface area contributed by atoms with E-state index in [1.165, 1.54) is 15.2 Å². The third-order valence-corrected chi connectivity index (χ3v) is 5.42. The standard InChI is InChI=1S/C21H17NOS/c1-2-22-18-9-5-6-10-20(18)24-21(22)14-12-17-16-8-4-3-7-15(16)11-13-19(17)23/h3-14H,2H2,1H3/p+1. The fourth-order valence-corrected chi connectivity index (χ4v) is 4.25. The van der Waals surface area contributed by atoms with E-state index in [0.29, 0.717) is 5.75 Å². The number of aromatic hydroxyl groups is 1. The minimum atomic E-state index is 0.314. The Morgan fingerprint density at radius 2 is 1.75 bits per heavy atom. The SMILES string of the molecule is CC[n+]1c(/C=C/c2c(O)ccc3ccccc23)sc2ccccc21. The number of hydrogen-bond acceptors (Lipinski definition) is 2. The number of fused-ring (bicyclic) bond motifs is 2. The molecule has 0 spiro atoms. The Morgan fingerprint density at radius 3 is 2.62 bits per heavy atom. The van der Waals surface area contributed by atoms with Crippen molar-refractivity contribution < 1.29 is 9.67 Å². The summed E-state index contributed by atoms with van der Waals surface area (Å²) in [4.78, 5) is 0. The third kappa shape index (κ3) is 2.47. The Labute approximate surface area is 144 Å². The van der Waals surface area contributed by atoms with Gasteiger partial charge < -0.3 is 5.11 Å². The Kier molecular flexibility index (Phi) is 3.79. The molecule has 1 aromatic heterocycles. The van der Waals surface area contributed by atoms with Gasteiger partial charge in [0, 0.05) is 17.7 Å². The van der Waals surface area contributed by atoms with Crippen LogP contribution in [0.5, 0.6) is 5.75 Å². The van der Waals surface area contributed by atoms with Gasteiger partial charge in [-0.1, -0.05) is 53.8 Å². The maximum Gasteiger partial charge on any atom is 0.262 e. The predicted octanol–water partition coefficient (Wildman–Crippen LogP) is 5.24. The van der Waals surface area contributed by atoms with Gasteiger partial charge in [0.1, 0.15) is 17.0 Å². The second kappa shape index (κ2) is 6.10. The Hall–Kier alpha value is -2.65. The normalized spacial score (nSPS) is 11.7. The second-order valence-electron chi connectivity index (χ2n) is 5.71. The minimum Gasteiger partial charge on any atom is -0.507 e. The lowest BCUT2D eigenvalue weighted by atomic mass is 10.0. The van der Waals surface area contributed by atoms with Crippen LogP contribution < -0.4 is 4.57 Å². The monoisotopic (exact) mass is 332 g/mol. The molecule has 0 saturated heterocycles. The lowest BCUT2D eigenvalue weighted by Gasteiger charge is -2.04. The van der Waals surface area contributed by atoms with Gasteiger partial charge in [0.05, 0.1) is 0 Å². The van der Waals surface area contributed by atoms with Gasteiger partial charge in [0.15, 0.2) is 0 Å². The van der Waals surface area contributed by atoms with Crippen molar-refractivity contribution in [2.45, 2.75) is 13.5 Å². The highest BCUT2D eigenvalue weighted by molar-refractivity contribution is 7.18. The van der Waals surface area contributed by atoms with Gasteiger partial charge in [-0.15, -0.1) is 0 Å². The molecule has 0 aliphatic carbocycles. The molecule has 3 aromatic carbocycles. The maximum absolute atomic E-state index is 10.3. The van der Waals surface area contributed by atoms with Crippen molar-refractivity contribution in [1.82, 2.24) is 0 Å². The van der Waals surface area contributed by atoms with Gasteiger partial charge in [-0.25, -0.2) is 0 Å². The van der Waals surface area contributed by atoms with Crippen LogP contribution in [0.2, 0.25) is 0 Å². The lowest BCUT2D eigenvalue weighted by molar-refractivity contribution is -0.665. The van der Waals surface area contributed by atoms with Gasteiger partial charge in [-0.2, -0.15) is 4.57 Å². The summed E-state index contributed by atoms with van der Waals surface area (Å²) in [6.45, 7) is 3.08. The van der Waals surface area contributed by atoms with E-state index in [0.717, 1.165) is 22.9 Å². The summed E-state index contributed by atoms with van der Waals surface area (Å²) in [7, 11) is 0. The molecule has 1 heterocycles. The van der Waals surface area contributed by atoms with Crippen LogP contribution in [0.4, 0.5) is 0 Å². The summed E-state index contributed by atoms with van der Waals surface area (Å²) in [6, 6.07) is 20.3. The van der Waals surface area contributed by atoms with Gasteiger partial charge in [-0.3, -0.25) is 0 Å². The first kappa shape index (κ1) is 14.9. The van der Waals surface area contributed by atoms with Crippen LogP contribution >= 0.6 is 11.3 Å². The van der Waals surface area contributed by atoms with E-state index < -0.39 is 0 Å². The molecule has 1 N–H and O–H groups in total. The first-order valence-corrected chi connectivity index (χ1v) is 8.89. The molecule has 2 nitrogen and oxygen atoms in total. The minimum absolute atomic E-state index is 0.314. The van der Waals surface area contributed by atoms with Crippen LogP contribution in [0, 0.1) is 0 Å². The third-order valence-electron chi connectivity index (χ3n) is 4.29. The summed E-state index contributed by atoms with van der Waals surface area (Å²) in [6.07, 6.45) is 4.13. The van der Waals surface area contributed by atoms with E-state index in [4.69, 9.17) is 0 Å². The summed E-state index contributed by atoms with van der Waals surface area (Å²) in [5.74, 6) is 0.314. The molecule has 0 radical (unpaired) electrons. The van der Waals surface area contributed by atoms with Crippen LogP contribution in [0.1, 0.15) is 17.5 Å². The molecule has 0 unspecified atom stereocenters. The van der Waals surface area contributed by atoms with Crippen molar-refractivity contribution in [3.63, 3.8) is 0 Å². The van der Waals surface area contributed by atoms with E-state index in [2.05, 4.69) is 47.9 Å². The van der Waals surface area contributed by atoms with Gasteiger partial charge in [-0.05, 0) is 35.9 Å². The molecule has 0 bridgehead atoms. The van der Waals surface area contributed by atoms with Crippen molar-refractivity contribution in [2.75, 3.05) is 0 Å². The smallest absolute Gasteiger partial charge is 0.262 e. The summed E-state index contributed by atoms with van der Waals surface area (Å²) < 4.78 is 3.58. The largest absolute Gasteiger partial charge is 0.507 e. The fourth-order valence-electron chi connectivity index (χ4n) is 3.12. The molecule has 0 amide bonds. The topological polar surface area (TPSA) is 24.1 Å². The Bertz CT molecular complexity index is 1060. The highest BCUT2D eigenvalue weighted by Gasteiger charge is 2.16. The molecule has 3 heteroatoms. The van der Waals surface area contributed by atoms with E-state index in [9.17, 15) is 5.11 Å². The molecule has 0 atom stereocenters. The number of phenolic OH excluding ortho intramolecular Hbond substituents is 1. The van der Waals surface area contributed by atoms with Gasteiger partial charge in [0.25, 0.3) is 5.01 Å². The second-order valence-corrected chi connectivity index (χ2v) is 6.77. The van der Waals surface area contributed by atoms with Crippen molar-refractivity contribution in [2.24, 2.45) is 0 Å². The number of aromatic nitrogens is 1. The molecule has 4 rings (SSSR count). The van der Waals surface area contributed by atoms with E-state index in [1.54, 1.807) is 17.4 Å². The predicted molar refractivity (Wildman–Crippen MR) is 102 cm³/mol. The Balaban J connectivity index is 1.86. The van der Waals surface area contributed by atoms with Crippen LogP contribution in [0.15, 0.2) is 60.7 Å². The highest BCUT2D eigenvalue weighted by Crippen LogP contribution is 2.29. The van der Waals surface area contributed by atoms with Crippen molar-refractivity contribution >= 4 is 44.5 Å². The average Bonchev–Trinajstić information content (AvgIpc) is 2.98. The summed E-state index contributed by atoms with van der Waals surface area (Å²) in [5, 5.41) is 13.7. The van der Waals surface area contributed by atoms with Crippen molar-refractivity contribution in [3.8, 4) is 5.75 Å². The molecule has 0 aliphatic heterocycles. The first-order valence-electron chi connectivity index (χ1n) is 8.08. The van der Waals surface area contributed by atoms with E-state index in [1.807, 2.05) is 30.3 Å². The zero-order chi connectivity index (χ0) is 16.5. The number of hydrogen-bond donors (Lipinski definition) is 1. The number of nitrogens with zero attached hydrogens (tertiary/aromatic N) is 1. The molecular weight excluding hydrogens is 314 g/mol. The van der Waals surface area contributed by atoms with Crippen LogP contribution in [0.25, 0.3) is 33.1 Å². The van der Waals surface area contributed by atoms with Crippen LogP contribution in [0.3, 0.4) is 0 Å². The van der Waals surface area contributed by atoms with Crippen molar-refractivity contribution in [1.29, 1.82) is 0 Å². The fraction of sp³-hybridized carbons (Fsp3) is 0.0952. The number of phenols is 1. The number of thiazole rings is 1. The summed E-state index contributed by atoms with van der Waals surface area (Å²) in [5.41, 5.74) is 2.13. The maximum atomic E-state index is 10.3. The first-order chi connectivity index (χ1) is 11.8. The van der Waals surface area contributed by atoms with Gasteiger partial charge in [0.2, 0.25) is 5.52 Å². The number of benzene rings is 3. The highest BCUT2D eigenvalue weighted by atomic mass is 32.1. The van der Waals surface area contributed by atoms with Gasteiger partial charge >= 0.3 is 0 Å². The van der Waals surface area contributed by atoms with Crippen LogP contribution in [-0.2, 0) is 6.54 Å². The zero-order valence-electron chi connectivity index (χ0n) is 13.4. The molecule has 0 saturated carbocycles. The molecule has 4 aromatic rings. The molecular formula is C21H18NOS+. The molecule has 118 valence electrons. The summed E-state index contributed by atoms with van der Waals surface area (Å²) >= 11 is 1.77. The molecule has 0 aliphatic rings. The van der Waals surface area contributed by atoms with E-state index in [-0.39, 0.29) is 0 Å². The average molecular weight is 332 g/mol. The van der Waals surface area contributed by atoms with E-state index >= 15 is 0 Å². The zero-order valence-corrected chi connectivity index (χ0v) is 14.3. The van der Waals surface area contributed by atoms with Crippen molar-refractivity contribution in [3.05, 3.63) is 71.2 Å². The number of aryl methyl sites for hydroxylation is 1. The lowest BCUT2D eigenvalue weighted by Crippen LogP contribution is -2.33.